The predicted molar refractivity (Wildman–Crippen MR) is 65.1 cm³/mol. The Kier molecular flexibility index (Phi) is 4.77. The van der Waals surface area contributed by atoms with E-state index in [9.17, 15) is 0 Å². The molecule has 0 saturated heterocycles. The predicted octanol–water partition coefficient (Wildman–Crippen LogP) is 5.27. The summed E-state index contributed by atoms with van der Waals surface area (Å²) in [7, 11) is 0. The first-order chi connectivity index (χ1) is 6.16. The third kappa shape index (κ3) is 2.97. The van der Waals surface area contributed by atoms with Gasteiger partial charge in [0.05, 0.1) is 9.85 Å². The van der Waals surface area contributed by atoms with Crippen LogP contribution in [-0.2, 0) is 0 Å². The van der Waals surface area contributed by atoms with Crippen molar-refractivity contribution in [1.82, 2.24) is 0 Å². The van der Waals surface area contributed by atoms with Crippen molar-refractivity contribution < 1.29 is 0 Å². The minimum atomic E-state index is 0.417. The summed E-state index contributed by atoms with van der Waals surface area (Å²) in [5.41, 5.74) is 0. The van der Waals surface area contributed by atoms with Crippen LogP contribution in [0.3, 0.4) is 0 Å². The van der Waals surface area contributed by atoms with Gasteiger partial charge in [0.25, 0.3) is 0 Å². The van der Waals surface area contributed by atoms with E-state index in [1.165, 1.54) is 17.7 Å². The second kappa shape index (κ2) is 5.38. The molecule has 0 saturated carbocycles. The molecule has 0 nitrogen and oxygen atoms in total. The third-order valence-corrected chi connectivity index (χ3v) is 5.24. The average Bonchev–Trinajstić information content (AvgIpc) is 2.50. The van der Waals surface area contributed by atoms with Crippen LogP contribution >= 0.6 is 38.9 Å². The highest BCUT2D eigenvalue weighted by Gasteiger charge is 2.18. The van der Waals surface area contributed by atoms with Crippen LogP contribution in [-0.4, -0.2) is 0 Å². The Morgan fingerprint density at radius 1 is 1.62 bits per heavy atom. The van der Waals surface area contributed by atoms with Crippen LogP contribution in [0.2, 0.25) is 5.02 Å². The Balaban J connectivity index is 2.67. The van der Waals surface area contributed by atoms with E-state index < -0.39 is 0 Å². The lowest BCUT2D eigenvalue weighted by atomic mass is 10.0. The minimum absolute atomic E-state index is 0.417. The zero-order chi connectivity index (χ0) is 9.84. The quantitative estimate of drug-likeness (QED) is 0.659. The van der Waals surface area contributed by atoms with Gasteiger partial charge in [0, 0.05) is 4.88 Å². The third-order valence-electron chi connectivity index (χ3n) is 2.14. The summed E-state index contributed by atoms with van der Waals surface area (Å²) >= 11 is 11.5. The van der Waals surface area contributed by atoms with E-state index in [1.807, 2.05) is 11.4 Å². The van der Waals surface area contributed by atoms with Gasteiger partial charge in [-0.25, -0.2) is 0 Å². The molecule has 0 aliphatic carbocycles. The number of halogens is 2. The van der Waals surface area contributed by atoms with Gasteiger partial charge in [-0.15, -0.1) is 11.3 Å². The van der Waals surface area contributed by atoms with Gasteiger partial charge >= 0.3 is 0 Å². The number of rotatable bonds is 4. The molecular weight excluding hydrogens is 268 g/mol. The van der Waals surface area contributed by atoms with Crippen LogP contribution in [0.5, 0.6) is 0 Å². The van der Waals surface area contributed by atoms with Crippen molar-refractivity contribution in [1.29, 1.82) is 0 Å². The number of thiophene rings is 1. The first-order valence-corrected chi connectivity index (χ1v) is 6.71. The molecule has 0 radical (unpaired) electrons. The van der Waals surface area contributed by atoms with Crippen LogP contribution in [0.15, 0.2) is 11.4 Å². The molecular formula is C10H14BrClS. The van der Waals surface area contributed by atoms with Gasteiger partial charge in [0.1, 0.15) is 0 Å². The largest absolute Gasteiger partial charge is 0.146 e. The van der Waals surface area contributed by atoms with Crippen molar-refractivity contribution in [3.63, 3.8) is 0 Å². The lowest BCUT2D eigenvalue weighted by molar-refractivity contribution is 0.522. The first-order valence-electron chi connectivity index (χ1n) is 4.53. The molecule has 1 rings (SSSR count). The molecule has 0 aromatic carbocycles. The number of hydrogen-bond donors (Lipinski definition) is 0. The van der Waals surface area contributed by atoms with Crippen molar-refractivity contribution >= 4 is 38.9 Å². The van der Waals surface area contributed by atoms with E-state index in [0.717, 1.165) is 5.02 Å². The lowest BCUT2D eigenvalue weighted by Crippen LogP contribution is -2.01. The van der Waals surface area contributed by atoms with Gasteiger partial charge in [0.2, 0.25) is 0 Å². The fourth-order valence-corrected chi connectivity index (χ4v) is 3.61. The van der Waals surface area contributed by atoms with Crippen molar-refractivity contribution in [2.24, 2.45) is 5.92 Å². The summed E-state index contributed by atoms with van der Waals surface area (Å²) in [4.78, 5) is 1.68. The van der Waals surface area contributed by atoms with Crippen LogP contribution in [0, 0.1) is 5.92 Å². The first kappa shape index (κ1) is 11.5. The van der Waals surface area contributed by atoms with E-state index in [2.05, 4.69) is 29.8 Å². The van der Waals surface area contributed by atoms with Crippen LogP contribution < -0.4 is 0 Å². The molecule has 0 aliphatic rings. The maximum absolute atomic E-state index is 6.06. The van der Waals surface area contributed by atoms with Crippen molar-refractivity contribution in [3.8, 4) is 0 Å². The Bertz CT molecular complexity index is 259. The maximum atomic E-state index is 6.06. The highest BCUT2D eigenvalue weighted by molar-refractivity contribution is 9.09. The molecule has 2 atom stereocenters. The molecule has 0 spiro atoms. The standard InChI is InChI=1S/C10H14BrClS/c1-3-4-7(2)9(11)10-8(12)5-6-13-10/h5-7,9H,3-4H2,1-2H3. The summed E-state index contributed by atoms with van der Waals surface area (Å²) in [6, 6.07) is 1.97. The smallest absolute Gasteiger partial charge is 0.0556 e. The van der Waals surface area contributed by atoms with Crippen molar-refractivity contribution in [2.75, 3.05) is 0 Å². The summed E-state index contributed by atoms with van der Waals surface area (Å²) in [5, 5.41) is 2.94. The molecule has 0 bridgehead atoms. The zero-order valence-electron chi connectivity index (χ0n) is 7.89. The fourth-order valence-electron chi connectivity index (χ4n) is 1.36. The van der Waals surface area contributed by atoms with Gasteiger partial charge in [0.15, 0.2) is 0 Å². The van der Waals surface area contributed by atoms with E-state index in [1.54, 1.807) is 11.3 Å². The van der Waals surface area contributed by atoms with E-state index in [-0.39, 0.29) is 0 Å². The molecule has 1 aromatic heterocycles. The second-order valence-corrected chi connectivity index (χ2v) is 5.64. The van der Waals surface area contributed by atoms with Crippen LogP contribution in [0.25, 0.3) is 0 Å². The highest BCUT2D eigenvalue weighted by atomic mass is 79.9. The number of hydrogen-bond acceptors (Lipinski definition) is 1. The Hall–Kier alpha value is 0.470. The zero-order valence-corrected chi connectivity index (χ0v) is 11.0. The highest BCUT2D eigenvalue weighted by Crippen LogP contribution is 2.40. The summed E-state index contributed by atoms with van der Waals surface area (Å²) < 4.78 is 0. The topological polar surface area (TPSA) is 0 Å². The normalized spacial score (nSPS) is 15.7. The maximum Gasteiger partial charge on any atom is 0.0556 e. The molecule has 0 fully saturated rings. The SMILES string of the molecule is CCCC(C)C(Br)c1sccc1Cl. The molecule has 13 heavy (non-hydrogen) atoms. The second-order valence-electron chi connectivity index (χ2n) is 3.30. The molecule has 0 aliphatic heterocycles. The summed E-state index contributed by atoms with van der Waals surface area (Å²) in [6.45, 7) is 4.48. The van der Waals surface area contributed by atoms with Crippen LogP contribution in [0.1, 0.15) is 36.4 Å². The molecule has 1 aromatic rings. The van der Waals surface area contributed by atoms with E-state index >= 15 is 0 Å². The lowest BCUT2D eigenvalue weighted by Gasteiger charge is -2.16. The molecule has 3 heteroatoms. The molecule has 2 unspecified atom stereocenters. The average molecular weight is 282 g/mol. The van der Waals surface area contributed by atoms with Gasteiger partial charge in [-0.3, -0.25) is 0 Å². The summed E-state index contributed by atoms with van der Waals surface area (Å²) in [5.74, 6) is 0.654. The molecule has 0 amide bonds. The van der Waals surface area contributed by atoms with Crippen molar-refractivity contribution in [2.45, 2.75) is 31.5 Å². The molecule has 1 heterocycles. The minimum Gasteiger partial charge on any atom is -0.146 e. The van der Waals surface area contributed by atoms with E-state index in [0.29, 0.717) is 10.7 Å². The van der Waals surface area contributed by atoms with Gasteiger partial charge < -0.3 is 0 Å². The van der Waals surface area contributed by atoms with E-state index in [4.69, 9.17) is 11.6 Å². The summed E-state index contributed by atoms with van der Waals surface area (Å²) in [6.07, 6.45) is 2.47. The van der Waals surface area contributed by atoms with Gasteiger partial charge in [-0.2, -0.15) is 0 Å². The van der Waals surface area contributed by atoms with Gasteiger partial charge in [-0.05, 0) is 23.8 Å². The molecule has 0 N–H and O–H groups in total. The monoisotopic (exact) mass is 280 g/mol. The van der Waals surface area contributed by atoms with Gasteiger partial charge in [-0.1, -0.05) is 47.8 Å². The van der Waals surface area contributed by atoms with Crippen molar-refractivity contribution in [3.05, 3.63) is 21.3 Å². The van der Waals surface area contributed by atoms with Crippen LogP contribution in [0.4, 0.5) is 0 Å². The Labute approximate surface area is 97.4 Å². The number of alkyl halides is 1. The fraction of sp³-hybridized carbons (Fsp3) is 0.600. The Morgan fingerprint density at radius 2 is 2.31 bits per heavy atom. The molecule has 74 valence electrons. The Morgan fingerprint density at radius 3 is 2.77 bits per heavy atom.